The van der Waals surface area contributed by atoms with Crippen LogP contribution < -0.4 is 5.32 Å². The van der Waals surface area contributed by atoms with Gasteiger partial charge in [-0.25, -0.2) is 9.18 Å². The molecule has 7 nitrogen and oxygen atoms in total. The number of amides is 2. The summed E-state index contributed by atoms with van der Waals surface area (Å²) in [6.07, 6.45) is -0.858. The lowest BCUT2D eigenvalue weighted by Gasteiger charge is -2.32. The number of carbonyl (C=O) groups excluding carboxylic acids is 2. The number of hydrogen-bond donors (Lipinski definition) is 2. The van der Waals surface area contributed by atoms with E-state index in [2.05, 4.69) is 21.2 Å². The van der Waals surface area contributed by atoms with Gasteiger partial charge in [-0.3, -0.25) is 4.79 Å². The second kappa shape index (κ2) is 9.71. The number of halogens is 2. The summed E-state index contributed by atoms with van der Waals surface area (Å²) in [7, 11) is 0. The highest BCUT2D eigenvalue weighted by molar-refractivity contribution is 9.10. The first-order valence-electron chi connectivity index (χ1n) is 8.97. The largest absolute Gasteiger partial charge is 0.507 e. The van der Waals surface area contributed by atoms with Gasteiger partial charge < -0.3 is 24.8 Å². The monoisotopic (exact) mass is 466 g/mol. The molecule has 0 aliphatic carbocycles. The fourth-order valence-corrected chi connectivity index (χ4v) is 3.16. The number of nitrogens with zero attached hydrogens (tertiary/aromatic N) is 1. The number of benzene rings is 2. The van der Waals surface area contributed by atoms with Crippen molar-refractivity contribution in [2.75, 3.05) is 26.2 Å². The van der Waals surface area contributed by atoms with Gasteiger partial charge >= 0.3 is 6.09 Å². The lowest BCUT2D eigenvalue weighted by atomic mass is 10.2. The molecule has 2 aromatic carbocycles. The molecule has 9 heteroatoms. The Morgan fingerprint density at radius 2 is 2.03 bits per heavy atom. The van der Waals surface area contributed by atoms with Gasteiger partial charge in [-0.15, -0.1) is 0 Å². The first-order valence-corrected chi connectivity index (χ1v) is 9.76. The van der Waals surface area contributed by atoms with Gasteiger partial charge in [-0.2, -0.15) is 0 Å². The number of nitrogens with one attached hydrogen (secondary N) is 1. The van der Waals surface area contributed by atoms with Crippen LogP contribution >= 0.6 is 15.9 Å². The zero-order chi connectivity index (χ0) is 20.8. The van der Waals surface area contributed by atoms with Crippen LogP contribution in [0.4, 0.5) is 9.18 Å². The summed E-state index contributed by atoms with van der Waals surface area (Å²) in [5.41, 5.74) is 1.08. The number of ether oxygens (including phenoxy) is 2. The molecule has 2 N–H and O–H groups in total. The van der Waals surface area contributed by atoms with Crippen molar-refractivity contribution in [3.8, 4) is 5.75 Å². The van der Waals surface area contributed by atoms with Crippen molar-refractivity contribution < 1.29 is 28.6 Å². The van der Waals surface area contributed by atoms with Crippen LogP contribution in [0.3, 0.4) is 0 Å². The number of carbonyl (C=O) groups is 2. The van der Waals surface area contributed by atoms with Crippen molar-refractivity contribution in [3.63, 3.8) is 0 Å². The SMILES string of the molecule is O=C(NC[C@@H]1CN(C(=O)OCc2ccc(F)cc2)CCO1)c1ccc(O)c(Br)c1. The first kappa shape index (κ1) is 21.1. The molecule has 1 heterocycles. The summed E-state index contributed by atoms with van der Waals surface area (Å²) >= 11 is 3.17. The molecule has 0 unspecified atom stereocenters. The molecule has 1 atom stereocenters. The molecule has 0 bridgehead atoms. The topological polar surface area (TPSA) is 88.1 Å². The van der Waals surface area contributed by atoms with E-state index in [1.807, 2.05) is 0 Å². The minimum Gasteiger partial charge on any atom is -0.507 e. The molecule has 29 heavy (non-hydrogen) atoms. The highest BCUT2D eigenvalue weighted by Crippen LogP contribution is 2.24. The number of aromatic hydroxyl groups is 1. The molecule has 1 saturated heterocycles. The van der Waals surface area contributed by atoms with Crippen molar-refractivity contribution in [3.05, 3.63) is 63.9 Å². The average molecular weight is 467 g/mol. The summed E-state index contributed by atoms with van der Waals surface area (Å²) < 4.78 is 24.2. The third-order valence-electron chi connectivity index (χ3n) is 4.37. The standard InChI is InChI=1S/C20H20BrFN2O5/c21-17-9-14(3-6-18(17)25)19(26)23-10-16-11-24(7-8-28-16)20(27)29-12-13-1-4-15(22)5-2-13/h1-6,9,16,25H,7-8,10-12H2,(H,23,26)/t16-/m1/s1. The first-order chi connectivity index (χ1) is 13.9. The molecule has 154 valence electrons. The Labute approximate surface area is 175 Å². The number of rotatable bonds is 5. The average Bonchev–Trinajstić information content (AvgIpc) is 2.73. The van der Waals surface area contributed by atoms with Crippen LogP contribution in [0.5, 0.6) is 5.75 Å². The van der Waals surface area contributed by atoms with E-state index in [9.17, 15) is 19.1 Å². The van der Waals surface area contributed by atoms with Crippen molar-refractivity contribution in [2.45, 2.75) is 12.7 Å². The molecular formula is C20H20BrFN2O5. The second-order valence-electron chi connectivity index (χ2n) is 6.50. The van der Waals surface area contributed by atoms with E-state index in [-0.39, 0.29) is 43.3 Å². The van der Waals surface area contributed by atoms with Crippen LogP contribution in [0.2, 0.25) is 0 Å². The van der Waals surface area contributed by atoms with Gasteiger partial charge in [0.2, 0.25) is 0 Å². The molecule has 2 aromatic rings. The van der Waals surface area contributed by atoms with Crippen molar-refractivity contribution in [2.24, 2.45) is 0 Å². The molecule has 1 fully saturated rings. The Hall–Kier alpha value is -2.65. The van der Waals surface area contributed by atoms with E-state index < -0.39 is 6.09 Å². The Morgan fingerprint density at radius 3 is 2.76 bits per heavy atom. The van der Waals surface area contributed by atoms with E-state index in [0.717, 1.165) is 0 Å². The highest BCUT2D eigenvalue weighted by atomic mass is 79.9. The lowest BCUT2D eigenvalue weighted by Crippen LogP contribution is -2.49. The number of phenolic OH excluding ortho intramolecular Hbond substituents is 1. The zero-order valence-electron chi connectivity index (χ0n) is 15.4. The Morgan fingerprint density at radius 1 is 1.28 bits per heavy atom. The van der Waals surface area contributed by atoms with Gasteiger partial charge in [-0.05, 0) is 51.8 Å². The fraction of sp³-hybridized carbons (Fsp3) is 0.300. The zero-order valence-corrected chi connectivity index (χ0v) is 17.0. The molecule has 0 radical (unpaired) electrons. The van der Waals surface area contributed by atoms with Crippen LogP contribution in [-0.4, -0.2) is 54.4 Å². The van der Waals surface area contributed by atoms with Gasteiger partial charge in [0.05, 0.1) is 23.7 Å². The second-order valence-corrected chi connectivity index (χ2v) is 7.35. The third-order valence-corrected chi connectivity index (χ3v) is 5.01. The predicted octanol–water partition coefficient (Wildman–Crippen LogP) is 3.06. The fourth-order valence-electron chi connectivity index (χ4n) is 2.78. The van der Waals surface area contributed by atoms with E-state index >= 15 is 0 Å². The van der Waals surface area contributed by atoms with Gasteiger partial charge in [0.1, 0.15) is 18.2 Å². The Bertz CT molecular complexity index is 878. The molecule has 1 aliphatic heterocycles. The highest BCUT2D eigenvalue weighted by Gasteiger charge is 2.25. The maximum absolute atomic E-state index is 12.9. The minimum atomic E-state index is -0.489. The van der Waals surface area contributed by atoms with Crippen molar-refractivity contribution in [1.82, 2.24) is 10.2 Å². The van der Waals surface area contributed by atoms with E-state index in [1.54, 1.807) is 12.1 Å². The maximum atomic E-state index is 12.9. The summed E-state index contributed by atoms with van der Waals surface area (Å²) in [5, 5.41) is 12.3. The maximum Gasteiger partial charge on any atom is 0.410 e. The quantitative estimate of drug-likeness (QED) is 0.706. The summed E-state index contributed by atoms with van der Waals surface area (Å²) in [5.74, 6) is -0.616. The molecule has 2 amide bonds. The minimum absolute atomic E-state index is 0.0481. The van der Waals surface area contributed by atoms with E-state index in [1.165, 1.54) is 35.2 Å². The van der Waals surface area contributed by atoms with Crippen LogP contribution in [0.15, 0.2) is 46.9 Å². The van der Waals surface area contributed by atoms with Crippen LogP contribution in [-0.2, 0) is 16.1 Å². The lowest BCUT2D eigenvalue weighted by molar-refractivity contribution is -0.0263. The third kappa shape index (κ3) is 5.91. The summed E-state index contributed by atoms with van der Waals surface area (Å²) in [6, 6.07) is 10.2. The van der Waals surface area contributed by atoms with Crippen molar-refractivity contribution in [1.29, 1.82) is 0 Å². The van der Waals surface area contributed by atoms with Gasteiger partial charge in [0.15, 0.2) is 0 Å². The Balaban J connectivity index is 1.46. The number of morpholine rings is 1. The van der Waals surface area contributed by atoms with Crippen LogP contribution in [0.25, 0.3) is 0 Å². The normalized spacial score (nSPS) is 16.3. The van der Waals surface area contributed by atoms with E-state index in [4.69, 9.17) is 9.47 Å². The molecule has 0 aromatic heterocycles. The Kier molecular flexibility index (Phi) is 7.05. The summed E-state index contributed by atoms with van der Waals surface area (Å²) in [4.78, 5) is 26.0. The number of hydrogen-bond acceptors (Lipinski definition) is 5. The molecule has 1 aliphatic rings. The molecular weight excluding hydrogens is 447 g/mol. The molecule has 0 spiro atoms. The van der Waals surface area contributed by atoms with Crippen molar-refractivity contribution >= 4 is 27.9 Å². The van der Waals surface area contributed by atoms with Gasteiger partial charge in [-0.1, -0.05) is 12.1 Å². The van der Waals surface area contributed by atoms with Gasteiger partial charge in [0.25, 0.3) is 5.91 Å². The molecule has 3 rings (SSSR count). The summed E-state index contributed by atoms with van der Waals surface area (Å²) in [6.45, 7) is 1.27. The predicted molar refractivity (Wildman–Crippen MR) is 106 cm³/mol. The smallest absolute Gasteiger partial charge is 0.410 e. The van der Waals surface area contributed by atoms with Crippen LogP contribution in [0, 0.1) is 5.82 Å². The number of phenols is 1. The van der Waals surface area contributed by atoms with Gasteiger partial charge in [0, 0.05) is 18.7 Å². The molecule has 0 saturated carbocycles. The van der Waals surface area contributed by atoms with E-state index in [0.29, 0.717) is 28.8 Å². The van der Waals surface area contributed by atoms with Crippen LogP contribution in [0.1, 0.15) is 15.9 Å².